The predicted octanol–water partition coefficient (Wildman–Crippen LogP) is 4.69. The van der Waals surface area contributed by atoms with Crippen molar-refractivity contribution in [2.45, 2.75) is 64.0 Å². The highest BCUT2D eigenvalue weighted by Crippen LogP contribution is 2.23. The lowest BCUT2D eigenvalue weighted by Gasteiger charge is -2.38. The molecule has 1 aliphatic rings. The van der Waals surface area contributed by atoms with E-state index in [-0.39, 0.29) is 5.41 Å². The molecule has 3 rings (SSSR count). The van der Waals surface area contributed by atoms with E-state index in [1.165, 1.54) is 25.5 Å². The summed E-state index contributed by atoms with van der Waals surface area (Å²) in [5.41, 5.74) is 7.76. The third-order valence-corrected chi connectivity index (χ3v) is 7.58. The van der Waals surface area contributed by atoms with Gasteiger partial charge in [0.25, 0.3) is 0 Å². The van der Waals surface area contributed by atoms with Crippen LogP contribution >= 0.6 is 0 Å². The Morgan fingerprint density at radius 3 is 2.43 bits per heavy atom. The first-order valence-corrected chi connectivity index (χ1v) is 14.3. The number of anilines is 1. The van der Waals surface area contributed by atoms with Gasteiger partial charge in [0.15, 0.2) is 15.8 Å². The van der Waals surface area contributed by atoms with Crippen LogP contribution in [0.15, 0.2) is 58.4 Å². The fourth-order valence-corrected chi connectivity index (χ4v) is 4.65. The van der Waals surface area contributed by atoms with Gasteiger partial charge in [0, 0.05) is 31.1 Å². The van der Waals surface area contributed by atoms with Crippen LogP contribution in [0.5, 0.6) is 5.75 Å². The molecule has 2 aromatic carbocycles. The average Bonchev–Trinajstić information content (AvgIpc) is 2.85. The number of sulfone groups is 1. The molecule has 1 heterocycles. The third kappa shape index (κ3) is 7.97. The van der Waals surface area contributed by atoms with E-state index in [1.807, 2.05) is 24.3 Å². The second kappa shape index (κ2) is 11.9. The fraction of sp³-hybridized carbons (Fsp3) is 0.519. The molecule has 1 unspecified atom stereocenters. The van der Waals surface area contributed by atoms with Gasteiger partial charge in [-0.25, -0.2) is 8.42 Å². The molecule has 0 amide bonds. The smallest absolute Gasteiger partial charge is 0.198 e. The number of nitrogens with zero attached hydrogens (tertiary/aromatic N) is 2. The first kappa shape index (κ1) is 27.0. The lowest BCUT2D eigenvalue weighted by molar-refractivity contribution is 0.233. The predicted molar refractivity (Wildman–Crippen MR) is 144 cm³/mol. The van der Waals surface area contributed by atoms with Crippen molar-refractivity contribution in [1.82, 2.24) is 4.90 Å². The molecule has 0 radical (unpaired) electrons. The lowest BCUT2D eigenvalue weighted by atomic mass is 9.94. The maximum absolute atomic E-state index is 11.6. The van der Waals surface area contributed by atoms with Crippen LogP contribution in [0.25, 0.3) is 0 Å². The number of nitrogens with two attached hydrogens (primary N) is 1. The molecule has 1 aliphatic heterocycles. The molecule has 0 bridgehead atoms. The number of likely N-dealkylation sites (tertiary alicyclic amines) is 1. The minimum atomic E-state index is -3.20. The van der Waals surface area contributed by atoms with Crippen LogP contribution < -0.4 is 15.8 Å². The zero-order valence-electron chi connectivity index (χ0n) is 21.5. The van der Waals surface area contributed by atoms with Gasteiger partial charge in [0.2, 0.25) is 0 Å². The molecule has 192 valence electrons. The molecule has 1 saturated heterocycles. The molecule has 35 heavy (non-hydrogen) atoms. The summed E-state index contributed by atoms with van der Waals surface area (Å²) < 4.78 is 29.1. The Balaban J connectivity index is 1.67. The number of guanidine groups is 1. The third-order valence-electron chi connectivity index (χ3n) is 6.45. The molecule has 8 heteroatoms. The first-order valence-electron chi connectivity index (χ1n) is 12.4. The van der Waals surface area contributed by atoms with Crippen LogP contribution in [0.1, 0.15) is 52.0 Å². The largest absolute Gasteiger partial charge is 0.489 e. The van der Waals surface area contributed by atoms with E-state index in [2.05, 4.69) is 31.0 Å². The van der Waals surface area contributed by atoms with Crippen LogP contribution in [-0.4, -0.2) is 51.2 Å². The fourth-order valence-electron chi connectivity index (χ4n) is 4.02. The summed E-state index contributed by atoms with van der Waals surface area (Å²) in [4.78, 5) is 7.71. The van der Waals surface area contributed by atoms with Crippen molar-refractivity contribution in [2.75, 3.05) is 31.2 Å². The number of hydrogen-bond acceptors (Lipinski definition) is 5. The molecule has 0 aliphatic carbocycles. The summed E-state index contributed by atoms with van der Waals surface area (Å²) in [6.07, 6.45) is 5.93. The monoisotopic (exact) mass is 500 g/mol. The zero-order valence-corrected chi connectivity index (χ0v) is 22.3. The Bertz CT molecular complexity index is 1080. The van der Waals surface area contributed by atoms with Gasteiger partial charge >= 0.3 is 0 Å². The minimum absolute atomic E-state index is 0.0539. The second-order valence-corrected chi connectivity index (χ2v) is 12.1. The van der Waals surface area contributed by atoms with Gasteiger partial charge in [-0.3, -0.25) is 4.99 Å². The second-order valence-electron chi connectivity index (χ2n) is 10.1. The quantitative estimate of drug-likeness (QED) is 0.383. The van der Waals surface area contributed by atoms with Crippen molar-refractivity contribution in [1.29, 1.82) is 0 Å². The normalized spacial score (nSPS) is 17.3. The Morgan fingerprint density at radius 2 is 1.83 bits per heavy atom. The summed E-state index contributed by atoms with van der Waals surface area (Å²) in [7, 11) is -3.20. The molecule has 1 atom stereocenters. The van der Waals surface area contributed by atoms with E-state index in [0.29, 0.717) is 30.6 Å². The SMILES string of the molecule is CCC1CCCCN1C(=NCC(C)(C)CN)Nc1ccc(OCc2ccc(S(C)(=O)=O)cc2)cc1. The molecule has 0 saturated carbocycles. The molecule has 0 spiro atoms. The van der Waals surface area contributed by atoms with Crippen molar-refractivity contribution >= 4 is 21.5 Å². The van der Waals surface area contributed by atoms with Gasteiger partial charge in [-0.1, -0.05) is 32.9 Å². The number of aliphatic imine (C=N–C) groups is 1. The van der Waals surface area contributed by atoms with Crippen LogP contribution in [-0.2, 0) is 16.4 Å². The van der Waals surface area contributed by atoms with Gasteiger partial charge in [0.1, 0.15) is 12.4 Å². The van der Waals surface area contributed by atoms with Gasteiger partial charge in [-0.15, -0.1) is 0 Å². The van der Waals surface area contributed by atoms with E-state index in [4.69, 9.17) is 15.5 Å². The Kier molecular flexibility index (Phi) is 9.19. The summed E-state index contributed by atoms with van der Waals surface area (Å²) >= 11 is 0. The summed E-state index contributed by atoms with van der Waals surface area (Å²) in [6.45, 7) is 9.15. The number of rotatable bonds is 9. The van der Waals surface area contributed by atoms with E-state index in [1.54, 1.807) is 24.3 Å². The maximum atomic E-state index is 11.6. The number of ether oxygens (including phenoxy) is 1. The van der Waals surface area contributed by atoms with Gasteiger partial charge in [-0.2, -0.15) is 0 Å². The number of benzene rings is 2. The van der Waals surface area contributed by atoms with Crippen LogP contribution in [0.2, 0.25) is 0 Å². The molecule has 1 fully saturated rings. The van der Waals surface area contributed by atoms with Gasteiger partial charge < -0.3 is 20.7 Å². The summed E-state index contributed by atoms with van der Waals surface area (Å²) in [5, 5.41) is 3.55. The van der Waals surface area contributed by atoms with Crippen LogP contribution in [0.4, 0.5) is 5.69 Å². The Labute approximate surface area is 210 Å². The molecular weight excluding hydrogens is 460 g/mol. The zero-order chi connectivity index (χ0) is 25.5. The van der Waals surface area contributed by atoms with Gasteiger partial charge in [0.05, 0.1) is 4.90 Å². The van der Waals surface area contributed by atoms with Crippen molar-refractivity contribution < 1.29 is 13.2 Å². The van der Waals surface area contributed by atoms with E-state index >= 15 is 0 Å². The summed E-state index contributed by atoms with van der Waals surface area (Å²) in [5.74, 6) is 1.66. The van der Waals surface area contributed by atoms with E-state index in [9.17, 15) is 8.42 Å². The molecule has 7 nitrogen and oxygen atoms in total. The van der Waals surface area contributed by atoms with E-state index in [0.717, 1.165) is 35.9 Å². The standard InChI is InChI=1S/C27H40N4O3S/c1-5-23-8-6-7-17-31(23)26(29-20-27(2,3)19-28)30-22-11-13-24(14-12-22)34-18-21-9-15-25(16-10-21)35(4,32)33/h9-16,23H,5-8,17-20,28H2,1-4H3,(H,29,30). The number of nitrogens with one attached hydrogen (secondary N) is 1. The highest BCUT2D eigenvalue weighted by molar-refractivity contribution is 7.90. The van der Waals surface area contributed by atoms with Gasteiger partial charge in [-0.05, 0) is 79.6 Å². The molecule has 3 N–H and O–H groups in total. The van der Waals surface area contributed by atoms with Crippen molar-refractivity contribution in [2.24, 2.45) is 16.1 Å². The Hall–Kier alpha value is -2.58. The van der Waals surface area contributed by atoms with Crippen molar-refractivity contribution in [3.63, 3.8) is 0 Å². The molecule has 0 aromatic heterocycles. The number of piperidine rings is 1. The van der Waals surface area contributed by atoms with Crippen LogP contribution in [0, 0.1) is 5.41 Å². The molecule has 2 aromatic rings. The maximum Gasteiger partial charge on any atom is 0.198 e. The van der Waals surface area contributed by atoms with Crippen molar-refractivity contribution in [3.8, 4) is 5.75 Å². The Morgan fingerprint density at radius 1 is 1.14 bits per heavy atom. The summed E-state index contributed by atoms with van der Waals surface area (Å²) in [6, 6.07) is 15.1. The minimum Gasteiger partial charge on any atom is -0.489 e. The topological polar surface area (TPSA) is 97.0 Å². The average molecular weight is 501 g/mol. The van der Waals surface area contributed by atoms with Crippen molar-refractivity contribution in [3.05, 3.63) is 54.1 Å². The highest BCUT2D eigenvalue weighted by Gasteiger charge is 2.25. The van der Waals surface area contributed by atoms with E-state index < -0.39 is 9.84 Å². The highest BCUT2D eigenvalue weighted by atomic mass is 32.2. The lowest BCUT2D eigenvalue weighted by Crippen LogP contribution is -2.47. The first-order chi connectivity index (χ1) is 16.6. The molecular formula is C27H40N4O3S. The number of hydrogen-bond donors (Lipinski definition) is 2. The van der Waals surface area contributed by atoms with Crippen LogP contribution in [0.3, 0.4) is 0 Å².